The van der Waals surface area contributed by atoms with Gasteiger partial charge in [0, 0.05) is 20.0 Å². The van der Waals surface area contributed by atoms with Crippen LogP contribution in [0.3, 0.4) is 0 Å². The van der Waals surface area contributed by atoms with Crippen LogP contribution in [0, 0.1) is 0 Å². The normalized spacial score (nSPS) is 47.5. The third-order valence-electron chi connectivity index (χ3n) is 2.55. The number of fused-ring (bicyclic) bond motifs is 1. The van der Waals surface area contributed by atoms with E-state index in [-0.39, 0.29) is 11.5 Å². The van der Waals surface area contributed by atoms with Gasteiger partial charge in [0.1, 0.15) is 6.10 Å². The minimum Gasteiger partial charge on any atom is -0.371 e. The highest BCUT2D eigenvalue weighted by Crippen LogP contribution is 2.38. The molecule has 0 radical (unpaired) electrons. The van der Waals surface area contributed by atoms with Gasteiger partial charge in [-0.25, -0.2) is 0 Å². The van der Waals surface area contributed by atoms with Gasteiger partial charge in [-0.2, -0.15) is 0 Å². The summed E-state index contributed by atoms with van der Waals surface area (Å²) in [7, 11) is 1.65. The second-order valence-electron chi connectivity index (χ2n) is 3.28. The van der Waals surface area contributed by atoms with Gasteiger partial charge in [-0.15, -0.1) is 11.6 Å². The molecule has 3 atom stereocenters. The van der Waals surface area contributed by atoms with E-state index in [2.05, 4.69) is 0 Å². The van der Waals surface area contributed by atoms with Crippen LogP contribution >= 0.6 is 11.6 Å². The van der Waals surface area contributed by atoms with E-state index >= 15 is 0 Å². The van der Waals surface area contributed by atoms with Gasteiger partial charge in [0.2, 0.25) is 0 Å². The number of hydrogen-bond acceptors (Lipinski definition) is 3. The second-order valence-corrected chi connectivity index (χ2v) is 3.89. The molecule has 0 aromatic heterocycles. The lowest BCUT2D eigenvalue weighted by Crippen LogP contribution is -2.49. The molecule has 2 heterocycles. The zero-order valence-electron chi connectivity index (χ0n) is 7.09. The maximum absolute atomic E-state index is 5.97. The maximum Gasteiger partial charge on any atom is 0.195 e. The van der Waals surface area contributed by atoms with Crippen LogP contribution in [0.5, 0.6) is 0 Å². The third-order valence-corrected chi connectivity index (χ3v) is 2.83. The van der Waals surface area contributed by atoms with Crippen LogP contribution in [0.1, 0.15) is 12.8 Å². The van der Waals surface area contributed by atoms with Crippen molar-refractivity contribution in [1.29, 1.82) is 0 Å². The van der Waals surface area contributed by atoms with Crippen molar-refractivity contribution in [2.45, 2.75) is 30.1 Å². The topological polar surface area (TPSA) is 27.7 Å². The molecule has 0 unspecified atom stereocenters. The molecule has 0 spiro atoms. The smallest absolute Gasteiger partial charge is 0.195 e. The van der Waals surface area contributed by atoms with Crippen molar-refractivity contribution < 1.29 is 14.2 Å². The fourth-order valence-corrected chi connectivity index (χ4v) is 2.20. The SMILES string of the molecule is CO[C@@]12C[C@H](Cl)CO[C@@H]1CCO2. The molecule has 2 saturated heterocycles. The Morgan fingerprint density at radius 2 is 2.42 bits per heavy atom. The number of ether oxygens (including phenoxy) is 3. The van der Waals surface area contributed by atoms with Gasteiger partial charge in [-0.3, -0.25) is 0 Å². The van der Waals surface area contributed by atoms with E-state index in [1.165, 1.54) is 0 Å². The van der Waals surface area contributed by atoms with Crippen LogP contribution in [0.25, 0.3) is 0 Å². The van der Waals surface area contributed by atoms with Crippen molar-refractivity contribution in [3.05, 3.63) is 0 Å². The van der Waals surface area contributed by atoms with Crippen molar-refractivity contribution >= 4 is 11.6 Å². The molecule has 4 heteroatoms. The Balaban J connectivity index is 2.13. The zero-order valence-corrected chi connectivity index (χ0v) is 7.84. The van der Waals surface area contributed by atoms with Crippen molar-refractivity contribution in [2.24, 2.45) is 0 Å². The largest absolute Gasteiger partial charge is 0.371 e. The summed E-state index contributed by atoms with van der Waals surface area (Å²) in [6.45, 7) is 1.32. The Kier molecular flexibility index (Phi) is 2.29. The molecular weight excluding hydrogens is 180 g/mol. The molecule has 12 heavy (non-hydrogen) atoms. The lowest BCUT2D eigenvalue weighted by Gasteiger charge is -2.38. The van der Waals surface area contributed by atoms with Gasteiger partial charge in [0.15, 0.2) is 5.79 Å². The molecule has 0 aromatic rings. The van der Waals surface area contributed by atoms with Crippen LogP contribution in [0.4, 0.5) is 0 Å². The predicted octanol–water partition coefficient (Wildman–Crippen LogP) is 1.15. The Morgan fingerprint density at radius 1 is 1.58 bits per heavy atom. The standard InChI is InChI=1S/C8H13ClO3/c1-10-8-4-6(9)5-11-7(8)2-3-12-8/h6-7H,2-5H2,1H3/t6-,7+,8+/m0/s1. The molecule has 0 aromatic carbocycles. The summed E-state index contributed by atoms with van der Waals surface area (Å²) in [5.41, 5.74) is 0. The summed E-state index contributed by atoms with van der Waals surface area (Å²) in [6, 6.07) is 0. The van der Waals surface area contributed by atoms with Gasteiger partial charge in [-0.1, -0.05) is 0 Å². The number of rotatable bonds is 1. The summed E-state index contributed by atoms with van der Waals surface area (Å²) >= 11 is 5.97. The fourth-order valence-electron chi connectivity index (χ4n) is 1.91. The first-order valence-electron chi connectivity index (χ1n) is 4.21. The molecule has 0 amide bonds. The summed E-state index contributed by atoms with van der Waals surface area (Å²) < 4.78 is 16.4. The van der Waals surface area contributed by atoms with Crippen molar-refractivity contribution in [3.8, 4) is 0 Å². The molecule has 3 nitrogen and oxygen atoms in total. The molecule has 2 aliphatic heterocycles. The van der Waals surface area contributed by atoms with E-state index in [1.54, 1.807) is 7.11 Å². The summed E-state index contributed by atoms with van der Waals surface area (Å²) in [5, 5.41) is 0.0132. The number of halogens is 1. The maximum atomic E-state index is 5.97. The highest BCUT2D eigenvalue weighted by atomic mass is 35.5. The first-order chi connectivity index (χ1) is 5.77. The molecule has 70 valence electrons. The molecule has 0 aliphatic carbocycles. The average Bonchev–Trinajstić information content (AvgIpc) is 2.47. The van der Waals surface area contributed by atoms with Gasteiger partial charge in [0.25, 0.3) is 0 Å². The Hall–Kier alpha value is 0.170. The van der Waals surface area contributed by atoms with E-state index in [1.807, 2.05) is 0 Å². The molecule has 2 aliphatic rings. The van der Waals surface area contributed by atoms with E-state index < -0.39 is 5.79 Å². The van der Waals surface area contributed by atoms with E-state index in [4.69, 9.17) is 25.8 Å². The van der Waals surface area contributed by atoms with Crippen LogP contribution in [0.15, 0.2) is 0 Å². The quantitative estimate of drug-likeness (QED) is 0.584. The lowest BCUT2D eigenvalue weighted by atomic mass is 10.0. The van der Waals surface area contributed by atoms with Crippen molar-refractivity contribution in [3.63, 3.8) is 0 Å². The van der Waals surface area contributed by atoms with Crippen LogP contribution < -0.4 is 0 Å². The van der Waals surface area contributed by atoms with Crippen molar-refractivity contribution in [1.82, 2.24) is 0 Å². The van der Waals surface area contributed by atoms with Gasteiger partial charge >= 0.3 is 0 Å². The van der Waals surface area contributed by atoms with E-state index in [9.17, 15) is 0 Å². The predicted molar refractivity (Wildman–Crippen MR) is 44.3 cm³/mol. The Morgan fingerprint density at radius 3 is 3.17 bits per heavy atom. The Labute approximate surface area is 76.9 Å². The van der Waals surface area contributed by atoms with Crippen LogP contribution in [-0.2, 0) is 14.2 Å². The molecule has 2 rings (SSSR count). The first kappa shape index (κ1) is 8.75. The molecular formula is C8H13ClO3. The molecule has 0 saturated carbocycles. The second kappa shape index (κ2) is 3.14. The average molecular weight is 193 g/mol. The zero-order chi connectivity index (χ0) is 8.60. The number of alkyl halides is 1. The highest BCUT2D eigenvalue weighted by Gasteiger charge is 2.49. The lowest BCUT2D eigenvalue weighted by molar-refractivity contribution is -0.261. The summed E-state index contributed by atoms with van der Waals surface area (Å²) in [6.07, 6.45) is 1.73. The van der Waals surface area contributed by atoms with Gasteiger partial charge in [0.05, 0.1) is 18.6 Å². The number of hydrogen-bond donors (Lipinski definition) is 0. The monoisotopic (exact) mass is 192 g/mol. The third kappa shape index (κ3) is 1.25. The summed E-state index contributed by atoms with van der Waals surface area (Å²) in [5.74, 6) is -0.551. The first-order valence-corrected chi connectivity index (χ1v) is 4.65. The van der Waals surface area contributed by atoms with Crippen molar-refractivity contribution in [2.75, 3.05) is 20.3 Å². The Bertz CT molecular complexity index is 176. The van der Waals surface area contributed by atoms with Gasteiger partial charge < -0.3 is 14.2 Å². The molecule has 0 N–H and O–H groups in total. The van der Waals surface area contributed by atoms with E-state index in [0.29, 0.717) is 13.2 Å². The minimum absolute atomic E-state index is 0.0132. The highest BCUT2D eigenvalue weighted by molar-refractivity contribution is 6.20. The van der Waals surface area contributed by atoms with E-state index in [0.717, 1.165) is 12.8 Å². The summed E-state index contributed by atoms with van der Waals surface area (Å²) in [4.78, 5) is 0. The molecule has 0 bridgehead atoms. The fraction of sp³-hybridized carbons (Fsp3) is 1.00. The van der Waals surface area contributed by atoms with Crippen LogP contribution in [0.2, 0.25) is 0 Å². The van der Waals surface area contributed by atoms with Crippen LogP contribution in [-0.4, -0.2) is 37.6 Å². The molecule has 2 fully saturated rings. The number of methoxy groups -OCH3 is 1. The van der Waals surface area contributed by atoms with Gasteiger partial charge in [-0.05, 0) is 0 Å². The minimum atomic E-state index is -0.551.